The molecule has 0 aromatic heterocycles. The zero-order chi connectivity index (χ0) is 9.56. The van der Waals surface area contributed by atoms with Gasteiger partial charge in [-0.25, -0.2) is 4.79 Å². The Morgan fingerprint density at radius 3 is 2.42 bits per heavy atom. The minimum Gasteiger partial charge on any atom is -0.449 e. The average Bonchev–Trinajstić information content (AvgIpc) is 2.00. The van der Waals surface area contributed by atoms with Crippen LogP contribution >= 0.6 is 0 Å². The Morgan fingerprint density at radius 2 is 2.00 bits per heavy atom. The molecule has 0 spiro atoms. The van der Waals surface area contributed by atoms with Gasteiger partial charge in [0.1, 0.15) is 0 Å². The number of nitrogens with one attached hydrogen (secondary N) is 1. The first-order valence-electron chi connectivity index (χ1n) is 4.49. The highest BCUT2D eigenvalue weighted by Crippen LogP contribution is 1.94. The molecule has 0 saturated carbocycles. The van der Waals surface area contributed by atoms with E-state index < -0.39 is 0 Å². The first-order valence-corrected chi connectivity index (χ1v) is 4.49. The molecule has 0 aromatic rings. The summed E-state index contributed by atoms with van der Waals surface area (Å²) >= 11 is 0. The van der Waals surface area contributed by atoms with Crippen molar-refractivity contribution < 1.29 is 9.53 Å². The lowest BCUT2D eigenvalue weighted by molar-refractivity contribution is 0.130. The molecule has 3 nitrogen and oxygen atoms in total. The van der Waals surface area contributed by atoms with Crippen molar-refractivity contribution in [2.75, 3.05) is 6.61 Å². The first kappa shape index (κ1) is 11.3. The van der Waals surface area contributed by atoms with Gasteiger partial charge in [-0.15, -0.1) is 0 Å². The van der Waals surface area contributed by atoms with Crippen LogP contribution in [0.25, 0.3) is 0 Å². The van der Waals surface area contributed by atoms with Crippen molar-refractivity contribution in [3.05, 3.63) is 0 Å². The number of carbonyl (C=O) groups is 1. The molecule has 0 rings (SSSR count). The van der Waals surface area contributed by atoms with E-state index in [9.17, 15) is 4.79 Å². The van der Waals surface area contributed by atoms with E-state index in [0.717, 1.165) is 6.42 Å². The summed E-state index contributed by atoms with van der Waals surface area (Å²) in [5, 5.41) is 2.72. The number of alkyl carbamates (subject to hydrolysis) is 1. The summed E-state index contributed by atoms with van der Waals surface area (Å²) < 4.78 is 4.93. The van der Waals surface area contributed by atoms with Gasteiger partial charge in [-0.05, 0) is 19.3 Å². The number of rotatable bonds is 4. The van der Waals surface area contributed by atoms with Crippen molar-refractivity contribution >= 4 is 6.09 Å². The van der Waals surface area contributed by atoms with E-state index in [-0.39, 0.29) is 12.1 Å². The lowest BCUT2D eigenvalue weighted by atomic mass is 10.2. The van der Waals surface area contributed by atoms with Crippen molar-refractivity contribution in [3.8, 4) is 0 Å². The van der Waals surface area contributed by atoms with E-state index in [1.54, 1.807) is 0 Å². The van der Waals surface area contributed by atoms with Gasteiger partial charge in [0.25, 0.3) is 0 Å². The third-order valence-electron chi connectivity index (χ3n) is 1.52. The highest BCUT2D eigenvalue weighted by Gasteiger charge is 2.06. The van der Waals surface area contributed by atoms with Gasteiger partial charge in [-0.2, -0.15) is 0 Å². The molecule has 0 fully saturated rings. The number of hydrogen-bond donors (Lipinski definition) is 1. The van der Waals surface area contributed by atoms with E-state index in [4.69, 9.17) is 4.74 Å². The second-order valence-electron chi connectivity index (χ2n) is 3.45. The Balaban J connectivity index is 3.46. The minimum atomic E-state index is -0.307. The Hall–Kier alpha value is -0.730. The van der Waals surface area contributed by atoms with Gasteiger partial charge in [0.2, 0.25) is 0 Å². The molecule has 0 saturated heterocycles. The van der Waals surface area contributed by atoms with Crippen LogP contribution in [0.15, 0.2) is 0 Å². The van der Waals surface area contributed by atoms with E-state index in [1.165, 1.54) is 0 Å². The summed E-state index contributed by atoms with van der Waals surface area (Å²) in [6.45, 7) is 8.49. The normalized spacial score (nSPS) is 12.8. The van der Waals surface area contributed by atoms with Gasteiger partial charge in [0.15, 0.2) is 0 Å². The molecule has 1 amide bonds. The van der Waals surface area contributed by atoms with Crippen molar-refractivity contribution in [2.24, 2.45) is 5.92 Å². The fourth-order valence-corrected chi connectivity index (χ4v) is 0.587. The van der Waals surface area contributed by atoms with Crippen molar-refractivity contribution in [2.45, 2.75) is 40.2 Å². The molecule has 0 aliphatic carbocycles. The SMILES string of the molecule is CCC(C)NC(=O)OCC(C)C. The van der Waals surface area contributed by atoms with Crippen molar-refractivity contribution in [3.63, 3.8) is 0 Å². The van der Waals surface area contributed by atoms with Gasteiger partial charge in [0.05, 0.1) is 6.61 Å². The van der Waals surface area contributed by atoms with Gasteiger partial charge in [-0.3, -0.25) is 0 Å². The molecule has 12 heavy (non-hydrogen) atoms. The Bertz CT molecular complexity index is 134. The number of hydrogen-bond acceptors (Lipinski definition) is 2. The zero-order valence-electron chi connectivity index (χ0n) is 8.39. The van der Waals surface area contributed by atoms with Crippen LogP contribution in [-0.4, -0.2) is 18.7 Å². The van der Waals surface area contributed by atoms with Crippen LogP contribution < -0.4 is 5.32 Å². The van der Waals surface area contributed by atoms with Crippen LogP contribution in [0.5, 0.6) is 0 Å². The molecule has 0 aliphatic heterocycles. The summed E-state index contributed by atoms with van der Waals surface area (Å²) in [6, 6.07) is 0.199. The van der Waals surface area contributed by atoms with E-state index in [2.05, 4.69) is 5.32 Å². The summed E-state index contributed by atoms with van der Waals surface area (Å²) in [5.74, 6) is 0.396. The minimum absolute atomic E-state index is 0.199. The maximum atomic E-state index is 11.0. The molecule has 1 N–H and O–H groups in total. The molecule has 0 radical (unpaired) electrons. The van der Waals surface area contributed by atoms with Gasteiger partial charge >= 0.3 is 6.09 Å². The summed E-state index contributed by atoms with van der Waals surface area (Å²) in [4.78, 5) is 11.0. The Labute approximate surface area is 74.5 Å². The molecule has 0 aliphatic rings. The van der Waals surface area contributed by atoms with E-state index in [0.29, 0.717) is 12.5 Å². The summed E-state index contributed by atoms with van der Waals surface area (Å²) in [5.41, 5.74) is 0. The number of amides is 1. The fourth-order valence-electron chi connectivity index (χ4n) is 0.587. The molecule has 0 heterocycles. The van der Waals surface area contributed by atoms with Gasteiger partial charge in [0, 0.05) is 6.04 Å². The molecule has 72 valence electrons. The summed E-state index contributed by atoms with van der Waals surface area (Å²) in [6.07, 6.45) is 0.620. The molecular weight excluding hydrogens is 154 g/mol. The van der Waals surface area contributed by atoms with Gasteiger partial charge in [-0.1, -0.05) is 20.8 Å². The van der Waals surface area contributed by atoms with Crippen LogP contribution in [0.2, 0.25) is 0 Å². The van der Waals surface area contributed by atoms with Crippen LogP contribution in [0.3, 0.4) is 0 Å². The van der Waals surface area contributed by atoms with E-state index >= 15 is 0 Å². The first-order chi connectivity index (χ1) is 5.56. The molecule has 0 bridgehead atoms. The molecule has 0 aromatic carbocycles. The summed E-state index contributed by atoms with van der Waals surface area (Å²) in [7, 11) is 0. The zero-order valence-corrected chi connectivity index (χ0v) is 8.39. The van der Waals surface area contributed by atoms with Crippen LogP contribution in [-0.2, 0) is 4.74 Å². The second-order valence-corrected chi connectivity index (χ2v) is 3.45. The number of ether oxygens (including phenoxy) is 1. The van der Waals surface area contributed by atoms with Gasteiger partial charge < -0.3 is 10.1 Å². The Morgan fingerprint density at radius 1 is 1.42 bits per heavy atom. The molecule has 1 atom stereocenters. The topological polar surface area (TPSA) is 38.3 Å². The van der Waals surface area contributed by atoms with Crippen LogP contribution in [0.1, 0.15) is 34.1 Å². The average molecular weight is 173 g/mol. The van der Waals surface area contributed by atoms with Crippen molar-refractivity contribution in [1.82, 2.24) is 5.32 Å². The predicted octanol–water partition coefficient (Wildman–Crippen LogP) is 2.17. The predicted molar refractivity (Wildman–Crippen MR) is 49.1 cm³/mol. The smallest absolute Gasteiger partial charge is 0.407 e. The monoisotopic (exact) mass is 173 g/mol. The van der Waals surface area contributed by atoms with Crippen molar-refractivity contribution in [1.29, 1.82) is 0 Å². The highest BCUT2D eigenvalue weighted by molar-refractivity contribution is 5.67. The molecule has 1 unspecified atom stereocenters. The molecular formula is C9H19NO2. The third-order valence-corrected chi connectivity index (χ3v) is 1.52. The lowest BCUT2D eigenvalue weighted by Crippen LogP contribution is -2.33. The molecule has 3 heteroatoms. The Kier molecular flexibility index (Phi) is 5.51. The third kappa shape index (κ3) is 6.01. The second kappa shape index (κ2) is 5.86. The number of carbonyl (C=O) groups excluding carboxylic acids is 1. The van der Waals surface area contributed by atoms with Crippen LogP contribution in [0, 0.1) is 5.92 Å². The highest BCUT2D eigenvalue weighted by atomic mass is 16.5. The van der Waals surface area contributed by atoms with E-state index in [1.807, 2.05) is 27.7 Å². The maximum absolute atomic E-state index is 11.0. The lowest BCUT2D eigenvalue weighted by Gasteiger charge is -2.12. The quantitative estimate of drug-likeness (QED) is 0.707. The largest absolute Gasteiger partial charge is 0.449 e. The van der Waals surface area contributed by atoms with Crippen LogP contribution in [0.4, 0.5) is 4.79 Å². The standard InChI is InChI=1S/C9H19NO2/c1-5-8(4)10-9(11)12-6-7(2)3/h7-8H,5-6H2,1-4H3,(H,10,11). The fraction of sp³-hybridized carbons (Fsp3) is 0.889. The maximum Gasteiger partial charge on any atom is 0.407 e.